The third kappa shape index (κ3) is 3.53. The van der Waals surface area contributed by atoms with Crippen LogP contribution in [0, 0.1) is 22.2 Å². The molecule has 0 aromatic heterocycles. The van der Waals surface area contributed by atoms with E-state index in [1.165, 1.54) is 17.0 Å². The fourth-order valence-electron chi connectivity index (χ4n) is 4.41. The highest BCUT2D eigenvalue weighted by Crippen LogP contribution is 2.30. The van der Waals surface area contributed by atoms with Crippen LogP contribution in [0.3, 0.4) is 0 Å². The van der Waals surface area contributed by atoms with Crippen LogP contribution in [0.15, 0.2) is 36.4 Å². The quantitative estimate of drug-likeness (QED) is 0.449. The van der Waals surface area contributed by atoms with Crippen LogP contribution in [-0.2, 0) is 0 Å². The van der Waals surface area contributed by atoms with Crippen LogP contribution >= 0.6 is 22.6 Å². The normalized spacial score (nSPS) is 21.2. The van der Waals surface area contributed by atoms with E-state index in [1.54, 1.807) is 36.1 Å². The molecular formula is C23H22FIN2O3. The molecule has 5 nitrogen and oxygen atoms in total. The van der Waals surface area contributed by atoms with Crippen molar-refractivity contribution < 1.29 is 18.8 Å². The zero-order valence-corrected chi connectivity index (χ0v) is 19.0. The van der Waals surface area contributed by atoms with Crippen molar-refractivity contribution in [3.8, 4) is 0 Å². The molecule has 2 unspecified atom stereocenters. The summed E-state index contributed by atoms with van der Waals surface area (Å²) in [5, 5.41) is 0. The van der Waals surface area contributed by atoms with Gasteiger partial charge in [0.15, 0.2) is 0 Å². The molecule has 2 atom stereocenters. The van der Waals surface area contributed by atoms with Gasteiger partial charge in [-0.3, -0.25) is 19.3 Å². The second-order valence-corrected chi connectivity index (χ2v) is 9.11. The van der Waals surface area contributed by atoms with E-state index >= 15 is 0 Å². The van der Waals surface area contributed by atoms with Crippen LogP contribution in [0.25, 0.3) is 0 Å². The van der Waals surface area contributed by atoms with Gasteiger partial charge in [-0.15, -0.1) is 0 Å². The maximum absolute atomic E-state index is 14.0. The van der Waals surface area contributed by atoms with Gasteiger partial charge in [0.05, 0.1) is 29.3 Å². The van der Waals surface area contributed by atoms with Crippen LogP contribution in [0.4, 0.5) is 4.39 Å². The number of halogens is 2. The second-order valence-electron chi connectivity index (χ2n) is 8.04. The average Bonchev–Trinajstić information content (AvgIpc) is 2.96. The molecule has 0 saturated carbocycles. The Bertz CT molecular complexity index is 1020. The van der Waals surface area contributed by atoms with E-state index in [-0.39, 0.29) is 36.2 Å². The summed E-state index contributed by atoms with van der Waals surface area (Å²) in [6.07, 6.45) is 1.73. The number of piperidine rings is 1. The summed E-state index contributed by atoms with van der Waals surface area (Å²) in [4.78, 5) is 42.0. The maximum atomic E-state index is 14.0. The Balaban J connectivity index is 1.64. The van der Waals surface area contributed by atoms with Gasteiger partial charge in [-0.1, -0.05) is 19.1 Å². The molecule has 2 heterocycles. The number of amides is 3. The molecule has 0 aliphatic carbocycles. The molecule has 2 aromatic carbocycles. The van der Waals surface area contributed by atoms with Gasteiger partial charge in [-0.25, -0.2) is 4.39 Å². The van der Waals surface area contributed by atoms with Crippen molar-refractivity contribution in [1.82, 2.24) is 9.80 Å². The van der Waals surface area contributed by atoms with E-state index in [0.717, 1.165) is 16.4 Å². The maximum Gasteiger partial charge on any atom is 0.261 e. The Morgan fingerprint density at radius 2 is 1.80 bits per heavy atom. The van der Waals surface area contributed by atoms with Crippen molar-refractivity contribution >= 4 is 40.3 Å². The van der Waals surface area contributed by atoms with E-state index in [2.05, 4.69) is 22.6 Å². The molecule has 1 saturated heterocycles. The summed E-state index contributed by atoms with van der Waals surface area (Å²) in [6, 6.07) is 9.15. The number of hydrogen-bond donors (Lipinski definition) is 0. The summed E-state index contributed by atoms with van der Waals surface area (Å²) < 4.78 is 14.7. The lowest BCUT2D eigenvalue weighted by Gasteiger charge is -2.41. The van der Waals surface area contributed by atoms with E-state index in [9.17, 15) is 18.8 Å². The standard InChI is InChI=1S/C23H22FIN2O3/c1-13-6-5-9-26(23(30)18-11-15(24)10-14(2)20(18)25)19(13)12-27-21(28)16-7-3-4-8-17(16)22(27)29/h3-4,7-8,10-11,13,19H,5-6,9,12H2,1-2H3. The number of hydrogen-bond acceptors (Lipinski definition) is 3. The predicted molar refractivity (Wildman–Crippen MR) is 119 cm³/mol. The van der Waals surface area contributed by atoms with Gasteiger partial charge in [-0.05, 0) is 78.1 Å². The summed E-state index contributed by atoms with van der Waals surface area (Å²) in [6.45, 7) is 4.47. The number of carbonyl (C=O) groups excluding carboxylic acids is 3. The van der Waals surface area contributed by atoms with Crippen molar-refractivity contribution in [3.63, 3.8) is 0 Å². The fourth-order valence-corrected chi connectivity index (χ4v) is 4.95. The number of imide groups is 1. The Kier molecular flexibility index (Phi) is 5.65. The Morgan fingerprint density at radius 1 is 1.17 bits per heavy atom. The van der Waals surface area contributed by atoms with Crippen molar-refractivity contribution in [3.05, 3.63) is 68.0 Å². The topological polar surface area (TPSA) is 57.7 Å². The molecule has 7 heteroatoms. The van der Waals surface area contributed by atoms with Gasteiger partial charge in [0.25, 0.3) is 17.7 Å². The summed E-state index contributed by atoms with van der Waals surface area (Å²) in [5.74, 6) is -1.23. The highest BCUT2D eigenvalue weighted by Gasteiger charge is 2.41. The van der Waals surface area contributed by atoms with Gasteiger partial charge in [0.2, 0.25) is 0 Å². The lowest BCUT2D eigenvalue weighted by molar-refractivity contribution is 0.0368. The van der Waals surface area contributed by atoms with E-state index in [0.29, 0.717) is 28.8 Å². The highest BCUT2D eigenvalue weighted by atomic mass is 127. The number of aryl methyl sites for hydroxylation is 1. The molecule has 0 N–H and O–H groups in total. The van der Waals surface area contributed by atoms with Crippen LogP contribution < -0.4 is 0 Å². The SMILES string of the molecule is Cc1cc(F)cc(C(=O)N2CCCC(C)C2CN2C(=O)c3ccccc3C2=O)c1I. The Morgan fingerprint density at radius 3 is 2.43 bits per heavy atom. The molecule has 4 rings (SSSR count). The van der Waals surface area contributed by atoms with Crippen molar-refractivity contribution in [1.29, 1.82) is 0 Å². The Labute approximate surface area is 188 Å². The van der Waals surface area contributed by atoms with Crippen molar-refractivity contribution in [2.24, 2.45) is 5.92 Å². The van der Waals surface area contributed by atoms with E-state index in [4.69, 9.17) is 0 Å². The highest BCUT2D eigenvalue weighted by molar-refractivity contribution is 14.1. The number of carbonyl (C=O) groups is 3. The third-order valence-electron chi connectivity index (χ3n) is 6.07. The smallest absolute Gasteiger partial charge is 0.261 e. The molecule has 0 radical (unpaired) electrons. The first-order valence-corrected chi connectivity index (χ1v) is 11.1. The second kappa shape index (κ2) is 8.09. The first kappa shape index (κ1) is 21.0. The van der Waals surface area contributed by atoms with Gasteiger partial charge >= 0.3 is 0 Å². The minimum atomic E-state index is -0.446. The van der Waals surface area contributed by atoms with Gasteiger partial charge in [-0.2, -0.15) is 0 Å². The molecule has 0 spiro atoms. The largest absolute Gasteiger partial charge is 0.334 e. The van der Waals surface area contributed by atoms with Crippen molar-refractivity contribution in [2.45, 2.75) is 32.7 Å². The third-order valence-corrected chi connectivity index (χ3v) is 7.51. The lowest BCUT2D eigenvalue weighted by atomic mass is 9.89. The molecule has 2 aromatic rings. The number of likely N-dealkylation sites (tertiary alicyclic amines) is 1. The molecule has 3 amide bonds. The predicted octanol–water partition coefficient (Wildman–Crippen LogP) is 4.28. The van der Waals surface area contributed by atoms with E-state index in [1.807, 2.05) is 6.92 Å². The fraction of sp³-hybridized carbons (Fsp3) is 0.348. The Hall–Kier alpha value is -2.29. The van der Waals surface area contributed by atoms with Crippen LogP contribution in [-0.4, -0.2) is 46.7 Å². The minimum absolute atomic E-state index is 0.110. The molecule has 0 bridgehead atoms. The molecule has 2 aliphatic rings. The van der Waals surface area contributed by atoms with Crippen LogP contribution in [0.5, 0.6) is 0 Å². The first-order valence-electron chi connectivity index (χ1n) is 10.0. The van der Waals surface area contributed by atoms with Gasteiger partial charge in [0, 0.05) is 10.1 Å². The zero-order valence-electron chi connectivity index (χ0n) is 16.8. The van der Waals surface area contributed by atoms with E-state index < -0.39 is 5.82 Å². The summed E-state index contributed by atoms with van der Waals surface area (Å²) >= 11 is 2.07. The minimum Gasteiger partial charge on any atom is -0.334 e. The number of fused-ring (bicyclic) bond motifs is 1. The van der Waals surface area contributed by atoms with Gasteiger partial charge in [0.1, 0.15) is 5.82 Å². The molecule has 1 fully saturated rings. The summed E-state index contributed by atoms with van der Waals surface area (Å²) in [7, 11) is 0. The molecule has 156 valence electrons. The number of rotatable bonds is 3. The monoisotopic (exact) mass is 520 g/mol. The van der Waals surface area contributed by atoms with Gasteiger partial charge < -0.3 is 4.90 Å². The average molecular weight is 520 g/mol. The van der Waals surface area contributed by atoms with Crippen LogP contribution in [0.1, 0.15) is 56.4 Å². The first-order chi connectivity index (χ1) is 14.3. The molecule has 2 aliphatic heterocycles. The number of benzene rings is 2. The lowest BCUT2D eigenvalue weighted by Crippen LogP contribution is -2.54. The summed E-state index contributed by atoms with van der Waals surface area (Å²) in [5.41, 5.74) is 1.84. The molecule has 30 heavy (non-hydrogen) atoms. The number of nitrogens with zero attached hydrogens (tertiary/aromatic N) is 2. The molecular weight excluding hydrogens is 498 g/mol. The van der Waals surface area contributed by atoms with Crippen LogP contribution in [0.2, 0.25) is 0 Å². The van der Waals surface area contributed by atoms with Crippen molar-refractivity contribution in [2.75, 3.05) is 13.1 Å². The zero-order chi connectivity index (χ0) is 21.6.